The normalized spacial score (nSPS) is 12.7. The van der Waals surface area contributed by atoms with Crippen molar-refractivity contribution in [3.8, 4) is 0 Å². The van der Waals surface area contributed by atoms with Crippen molar-refractivity contribution in [1.82, 2.24) is 9.36 Å². The summed E-state index contributed by atoms with van der Waals surface area (Å²) in [6.07, 6.45) is 0.756. The largest absolute Gasteiger partial charge is 0.380 e. The van der Waals surface area contributed by atoms with Crippen LogP contribution >= 0.6 is 23.1 Å². The van der Waals surface area contributed by atoms with Crippen LogP contribution in [0.3, 0.4) is 0 Å². The predicted octanol–water partition coefficient (Wildman–Crippen LogP) is 2.27. The highest BCUT2D eigenvalue weighted by Crippen LogP contribution is 2.25. The van der Waals surface area contributed by atoms with Crippen molar-refractivity contribution in [3.63, 3.8) is 0 Å². The second kappa shape index (κ2) is 4.04. The average Bonchev–Trinajstić information content (AvgIpc) is 2.70. The molecule has 5 heteroatoms. The molecule has 0 amide bonds. The van der Waals surface area contributed by atoms with Gasteiger partial charge in [-0.2, -0.15) is 4.37 Å². The van der Waals surface area contributed by atoms with Crippen molar-refractivity contribution < 1.29 is 5.11 Å². The van der Waals surface area contributed by atoms with E-state index in [9.17, 15) is 5.11 Å². The highest BCUT2D eigenvalue weighted by Gasteiger charge is 2.16. The fourth-order valence-corrected chi connectivity index (χ4v) is 1.87. The Morgan fingerprint density at radius 3 is 2.93 bits per heavy atom. The Bertz CT molecular complexity index is 419. The molecule has 0 saturated heterocycles. The Hall–Kier alpha value is -0.970. The second-order valence-corrected chi connectivity index (χ2v) is 3.77. The first-order valence-electron chi connectivity index (χ1n) is 3.98. The minimum absolute atomic E-state index is 0.445. The molecular weight excluding hydrogens is 220 g/mol. The molecule has 14 heavy (non-hydrogen) atoms. The van der Waals surface area contributed by atoms with E-state index < -0.39 is 6.10 Å². The van der Waals surface area contributed by atoms with Crippen LogP contribution in [0.4, 0.5) is 0 Å². The number of nitrogens with zero attached hydrogens (tertiary/aromatic N) is 2. The number of hydrogen-bond acceptors (Lipinski definition) is 4. The monoisotopic (exact) mass is 226 g/mol. The van der Waals surface area contributed by atoms with E-state index in [0.717, 1.165) is 0 Å². The predicted molar refractivity (Wildman–Crippen MR) is 55.4 cm³/mol. The van der Waals surface area contributed by atoms with Gasteiger partial charge in [0.15, 0.2) is 0 Å². The van der Waals surface area contributed by atoms with Crippen LogP contribution in [-0.2, 0) is 0 Å². The average molecular weight is 227 g/mol. The van der Waals surface area contributed by atoms with Gasteiger partial charge in [0.25, 0.3) is 0 Å². The zero-order valence-corrected chi connectivity index (χ0v) is 8.66. The SMILES string of the molecule is OC(c1ccsn1)c1ncccc1Cl. The third kappa shape index (κ3) is 1.77. The van der Waals surface area contributed by atoms with Crippen molar-refractivity contribution in [3.05, 3.63) is 46.2 Å². The van der Waals surface area contributed by atoms with Crippen LogP contribution in [0.25, 0.3) is 0 Å². The molecule has 0 aliphatic carbocycles. The number of pyridine rings is 1. The van der Waals surface area contributed by atoms with Crippen LogP contribution in [-0.4, -0.2) is 14.5 Å². The van der Waals surface area contributed by atoms with E-state index in [0.29, 0.717) is 16.4 Å². The first-order valence-corrected chi connectivity index (χ1v) is 5.19. The Kier molecular flexibility index (Phi) is 2.77. The summed E-state index contributed by atoms with van der Waals surface area (Å²) in [5.41, 5.74) is 1.02. The summed E-state index contributed by atoms with van der Waals surface area (Å²) >= 11 is 7.18. The highest BCUT2D eigenvalue weighted by atomic mass is 35.5. The quantitative estimate of drug-likeness (QED) is 0.855. The fourth-order valence-electron chi connectivity index (χ4n) is 1.10. The van der Waals surface area contributed by atoms with Crippen LogP contribution in [0.1, 0.15) is 17.5 Å². The molecule has 0 aliphatic heterocycles. The third-order valence-corrected chi connectivity index (χ3v) is 2.68. The summed E-state index contributed by atoms with van der Waals surface area (Å²) in [5, 5.41) is 12.1. The first kappa shape index (κ1) is 9.58. The first-order chi connectivity index (χ1) is 6.79. The molecule has 2 aromatic heterocycles. The lowest BCUT2D eigenvalue weighted by molar-refractivity contribution is 0.212. The molecule has 0 bridgehead atoms. The summed E-state index contributed by atoms with van der Waals surface area (Å²) in [4.78, 5) is 4.02. The molecule has 1 N–H and O–H groups in total. The Morgan fingerprint density at radius 2 is 2.29 bits per heavy atom. The van der Waals surface area contributed by atoms with Crippen molar-refractivity contribution in [2.24, 2.45) is 0 Å². The number of aliphatic hydroxyl groups excluding tert-OH is 1. The number of aromatic nitrogens is 2. The van der Waals surface area contributed by atoms with Crippen molar-refractivity contribution in [1.29, 1.82) is 0 Å². The maximum absolute atomic E-state index is 9.86. The van der Waals surface area contributed by atoms with Crippen LogP contribution in [0.15, 0.2) is 29.8 Å². The van der Waals surface area contributed by atoms with Gasteiger partial charge in [0.1, 0.15) is 6.10 Å². The maximum Gasteiger partial charge on any atom is 0.140 e. The summed E-state index contributed by atoms with van der Waals surface area (Å²) < 4.78 is 4.03. The lowest BCUT2D eigenvalue weighted by Crippen LogP contribution is -2.02. The minimum atomic E-state index is -0.838. The van der Waals surface area contributed by atoms with Crippen LogP contribution in [0, 0.1) is 0 Å². The Morgan fingerprint density at radius 1 is 1.43 bits per heavy atom. The van der Waals surface area contributed by atoms with Gasteiger partial charge >= 0.3 is 0 Å². The van der Waals surface area contributed by atoms with Gasteiger partial charge in [-0.3, -0.25) is 4.98 Å². The third-order valence-electron chi connectivity index (χ3n) is 1.78. The topological polar surface area (TPSA) is 46.0 Å². The van der Waals surface area contributed by atoms with Gasteiger partial charge in [-0.05, 0) is 29.7 Å². The summed E-state index contributed by atoms with van der Waals surface area (Å²) in [5.74, 6) is 0. The number of hydrogen-bond donors (Lipinski definition) is 1. The Balaban J connectivity index is 2.37. The number of halogens is 1. The summed E-state index contributed by atoms with van der Waals surface area (Å²) in [6.45, 7) is 0. The number of rotatable bonds is 2. The van der Waals surface area contributed by atoms with E-state index in [4.69, 9.17) is 11.6 Å². The van der Waals surface area contributed by atoms with Gasteiger partial charge in [0.2, 0.25) is 0 Å². The van der Waals surface area contributed by atoms with E-state index >= 15 is 0 Å². The molecule has 2 aromatic rings. The number of aliphatic hydroxyl groups is 1. The zero-order chi connectivity index (χ0) is 9.97. The van der Waals surface area contributed by atoms with E-state index in [1.165, 1.54) is 11.5 Å². The summed E-state index contributed by atoms with van der Waals surface area (Å²) in [7, 11) is 0. The van der Waals surface area contributed by atoms with Crippen molar-refractivity contribution >= 4 is 23.1 Å². The molecule has 1 atom stereocenters. The standard InChI is InChI=1S/C9H7ClN2OS/c10-6-2-1-4-11-8(6)9(13)7-3-5-14-12-7/h1-5,9,13H. The van der Waals surface area contributed by atoms with Gasteiger partial charge in [-0.1, -0.05) is 11.6 Å². The second-order valence-electron chi connectivity index (χ2n) is 2.70. The van der Waals surface area contributed by atoms with Crippen molar-refractivity contribution in [2.45, 2.75) is 6.10 Å². The molecule has 1 unspecified atom stereocenters. The molecule has 0 radical (unpaired) electrons. The van der Waals surface area contributed by atoms with Crippen molar-refractivity contribution in [2.75, 3.05) is 0 Å². The van der Waals surface area contributed by atoms with E-state index in [-0.39, 0.29) is 0 Å². The van der Waals surface area contributed by atoms with Gasteiger partial charge in [0, 0.05) is 11.6 Å². The van der Waals surface area contributed by atoms with E-state index in [1.54, 1.807) is 29.8 Å². The smallest absolute Gasteiger partial charge is 0.140 e. The molecule has 3 nitrogen and oxygen atoms in total. The highest BCUT2D eigenvalue weighted by molar-refractivity contribution is 7.03. The van der Waals surface area contributed by atoms with Gasteiger partial charge in [0.05, 0.1) is 16.4 Å². The van der Waals surface area contributed by atoms with Crippen LogP contribution < -0.4 is 0 Å². The zero-order valence-electron chi connectivity index (χ0n) is 7.09. The molecule has 0 aromatic carbocycles. The summed E-state index contributed by atoms with van der Waals surface area (Å²) in [6, 6.07) is 5.17. The Labute approximate surface area is 90.2 Å². The van der Waals surface area contributed by atoms with E-state index in [1.807, 2.05) is 0 Å². The van der Waals surface area contributed by atoms with Crippen LogP contribution in [0.2, 0.25) is 5.02 Å². The molecule has 0 spiro atoms. The molecule has 2 heterocycles. The van der Waals surface area contributed by atoms with Crippen LogP contribution in [0.5, 0.6) is 0 Å². The molecule has 0 aliphatic rings. The van der Waals surface area contributed by atoms with Gasteiger partial charge in [-0.15, -0.1) is 0 Å². The molecule has 0 fully saturated rings. The van der Waals surface area contributed by atoms with Gasteiger partial charge < -0.3 is 5.11 Å². The van der Waals surface area contributed by atoms with E-state index in [2.05, 4.69) is 9.36 Å². The lowest BCUT2D eigenvalue weighted by atomic mass is 10.2. The molecule has 2 rings (SSSR count). The molecule has 0 saturated carbocycles. The van der Waals surface area contributed by atoms with Gasteiger partial charge in [-0.25, -0.2) is 0 Å². The minimum Gasteiger partial charge on any atom is -0.380 e. The fraction of sp³-hybridized carbons (Fsp3) is 0.111. The lowest BCUT2D eigenvalue weighted by Gasteiger charge is -2.07. The molecule has 72 valence electrons. The molecular formula is C9H7ClN2OS. The maximum atomic E-state index is 9.86.